The van der Waals surface area contributed by atoms with Crippen LogP contribution in [0.3, 0.4) is 0 Å². The van der Waals surface area contributed by atoms with Crippen LogP contribution in [-0.4, -0.2) is 27.3 Å². The molecular formula is C43H39N5. The van der Waals surface area contributed by atoms with E-state index in [2.05, 4.69) is 164 Å². The van der Waals surface area contributed by atoms with E-state index in [1.54, 1.807) is 0 Å². The summed E-state index contributed by atoms with van der Waals surface area (Å²) in [6, 6.07) is 37.4. The number of aliphatic imine (C=N–C) groups is 1. The summed E-state index contributed by atoms with van der Waals surface area (Å²) in [6.45, 7) is 6.96. The van der Waals surface area contributed by atoms with Crippen LogP contribution in [0.15, 0.2) is 138 Å². The lowest BCUT2D eigenvalue weighted by Gasteiger charge is -2.40. The maximum Gasteiger partial charge on any atom is 0.137 e. The molecule has 0 saturated carbocycles. The summed E-state index contributed by atoms with van der Waals surface area (Å²) in [5.41, 5.74) is 11.2. The first-order valence-electron chi connectivity index (χ1n) is 17.0. The molecule has 236 valence electrons. The Morgan fingerprint density at radius 3 is 2.38 bits per heavy atom. The van der Waals surface area contributed by atoms with Crippen LogP contribution in [0.2, 0.25) is 0 Å². The van der Waals surface area contributed by atoms with Crippen LogP contribution < -0.4 is 5.32 Å². The van der Waals surface area contributed by atoms with Crippen molar-refractivity contribution in [2.75, 3.05) is 7.05 Å². The number of fused-ring (bicyclic) bond motifs is 6. The molecule has 48 heavy (non-hydrogen) atoms. The number of likely N-dealkylation sites (N-methyl/N-ethyl adjacent to an activating group) is 1. The molecular weight excluding hydrogens is 587 g/mol. The molecule has 6 aromatic rings. The smallest absolute Gasteiger partial charge is 0.137 e. The molecule has 0 saturated heterocycles. The number of allylic oxidation sites excluding steroid dienone is 3. The van der Waals surface area contributed by atoms with Gasteiger partial charge in [0, 0.05) is 35.0 Å². The van der Waals surface area contributed by atoms with Crippen molar-refractivity contribution in [2.24, 2.45) is 10.9 Å². The van der Waals surface area contributed by atoms with Crippen LogP contribution in [0, 0.1) is 5.92 Å². The highest BCUT2D eigenvalue weighted by Crippen LogP contribution is 2.51. The van der Waals surface area contributed by atoms with E-state index >= 15 is 0 Å². The fourth-order valence-electron chi connectivity index (χ4n) is 8.18. The van der Waals surface area contributed by atoms with E-state index in [1.165, 1.54) is 49.7 Å². The predicted octanol–water partition coefficient (Wildman–Crippen LogP) is 9.64. The average molecular weight is 626 g/mol. The molecule has 1 aliphatic heterocycles. The summed E-state index contributed by atoms with van der Waals surface area (Å²) in [6.07, 6.45) is 9.39. The van der Waals surface area contributed by atoms with Gasteiger partial charge in [0.1, 0.15) is 24.0 Å². The van der Waals surface area contributed by atoms with E-state index in [0.717, 1.165) is 29.2 Å². The average Bonchev–Trinajstić information content (AvgIpc) is 3.56. The normalized spacial score (nSPS) is 21.2. The molecule has 0 amide bonds. The molecule has 1 N–H and O–H groups in total. The molecule has 4 aromatic carbocycles. The van der Waals surface area contributed by atoms with Crippen molar-refractivity contribution in [3.05, 3.63) is 155 Å². The maximum atomic E-state index is 5.32. The third-order valence-electron chi connectivity index (χ3n) is 10.7. The summed E-state index contributed by atoms with van der Waals surface area (Å²) >= 11 is 0. The number of rotatable bonds is 4. The summed E-state index contributed by atoms with van der Waals surface area (Å²) in [5.74, 6) is 2.42. The van der Waals surface area contributed by atoms with Crippen molar-refractivity contribution >= 4 is 27.6 Å². The van der Waals surface area contributed by atoms with Gasteiger partial charge in [0.05, 0.1) is 11.0 Å². The van der Waals surface area contributed by atoms with Gasteiger partial charge in [-0.05, 0) is 70.0 Å². The van der Waals surface area contributed by atoms with Gasteiger partial charge in [0.25, 0.3) is 0 Å². The molecule has 9 rings (SSSR count). The largest absolute Gasteiger partial charge is 0.340 e. The molecule has 2 aromatic heterocycles. The lowest BCUT2D eigenvalue weighted by molar-refractivity contribution is 0.256. The van der Waals surface area contributed by atoms with E-state index in [-0.39, 0.29) is 17.7 Å². The first kappa shape index (κ1) is 28.9. The van der Waals surface area contributed by atoms with Gasteiger partial charge in [-0.1, -0.05) is 118 Å². The molecule has 0 bridgehead atoms. The number of pyridine rings is 1. The first-order valence-corrected chi connectivity index (χ1v) is 17.0. The molecule has 0 fully saturated rings. The minimum absolute atomic E-state index is 0.0166. The topological polar surface area (TPSA) is 45.5 Å². The van der Waals surface area contributed by atoms with Crippen LogP contribution in [-0.2, 0) is 5.41 Å². The van der Waals surface area contributed by atoms with Crippen molar-refractivity contribution in [1.82, 2.24) is 19.8 Å². The third-order valence-corrected chi connectivity index (χ3v) is 10.7. The first-order chi connectivity index (χ1) is 23.4. The third kappa shape index (κ3) is 4.41. The zero-order valence-electron chi connectivity index (χ0n) is 27.9. The minimum atomic E-state index is -0.231. The van der Waals surface area contributed by atoms with Crippen LogP contribution >= 0.6 is 0 Å². The lowest BCUT2D eigenvalue weighted by Crippen LogP contribution is -2.46. The second-order valence-electron chi connectivity index (χ2n) is 14.1. The molecule has 3 unspecified atom stereocenters. The highest BCUT2D eigenvalue weighted by molar-refractivity contribution is 6.11. The molecule has 0 spiro atoms. The van der Waals surface area contributed by atoms with Crippen molar-refractivity contribution < 1.29 is 0 Å². The standard InChI is InChI=1S/C43H39N5/c1-27-13-12-16-29(23-27)42-46-40(45-41(47(42)4)28-14-6-5-7-15-28)30-21-22-39(44-26-30)48-37-20-11-9-18-32(37)34-24-36-33(25-38(34)48)31-17-8-10-19-35(31)43(36,2)3/h5-22,24-27,40-41,45H,23H2,1-4H3. The molecule has 5 heteroatoms. The van der Waals surface area contributed by atoms with Crippen LogP contribution in [0.4, 0.5) is 0 Å². The summed E-state index contributed by atoms with van der Waals surface area (Å²) in [4.78, 5) is 12.7. The number of nitrogens with one attached hydrogen (secondary N) is 1. The van der Waals surface area contributed by atoms with E-state index < -0.39 is 0 Å². The number of para-hydroxylation sites is 1. The second kappa shape index (κ2) is 10.9. The van der Waals surface area contributed by atoms with Gasteiger partial charge in [-0.15, -0.1) is 0 Å². The highest BCUT2D eigenvalue weighted by Gasteiger charge is 2.36. The van der Waals surface area contributed by atoms with Crippen LogP contribution in [0.1, 0.15) is 61.8 Å². The van der Waals surface area contributed by atoms with Gasteiger partial charge in [0.2, 0.25) is 0 Å². The van der Waals surface area contributed by atoms with Gasteiger partial charge in [-0.3, -0.25) is 9.88 Å². The Kier molecular flexibility index (Phi) is 6.57. The predicted molar refractivity (Wildman–Crippen MR) is 197 cm³/mol. The molecule has 0 radical (unpaired) electrons. The SMILES string of the molecule is CC1C=CC=C(C2=NC(c3ccc(-n4c5ccccc5c5cc6c(cc54)-c4ccccc4C6(C)C)nc3)NC(c3ccccc3)N2C)C1. The zero-order valence-corrected chi connectivity index (χ0v) is 27.9. The fraction of sp³-hybridized carbons (Fsp3) is 0.209. The summed E-state index contributed by atoms with van der Waals surface area (Å²) < 4.78 is 2.33. The number of amidine groups is 1. The van der Waals surface area contributed by atoms with Crippen molar-refractivity contribution in [1.29, 1.82) is 0 Å². The van der Waals surface area contributed by atoms with E-state index in [0.29, 0.717) is 5.92 Å². The lowest BCUT2D eigenvalue weighted by atomic mass is 9.82. The Morgan fingerprint density at radius 1 is 0.771 bits per heavy atom. The Balaban J connectivity index is 1.16. The van der Waals surface area contributed by atoms with Crippen LogP contribution in [0.25, 0.3) is 38.8 Å². The number of nitrogens with zero attached hydrogens (tertiary/aromatic N) is 4. The Labute approximate surface area is 282 Å². The van der Waals surface area contributed by atoms with Crippen LogP contribution in [0.5, 0.6) is 0 Å². The van der Waals surface area contributed by atoms with Gasteiger partial charge >= 0.3 is 0 Å². The monoisotopic (exact) mass is 625 g/mol. The number of aromatic nitrogens is 2. The fourth-order valence-corrected chi connectivity index (χ4v) is 8.18. The summed E-state index contributed by atoms with van der Waals surface area (Å²) in [7, 11) is 2.14. The Morgan fingerprint density at radius 2 is 1.56 bits per heavy atom. The zero-order chi connectivity index (χ0) is 32.6. The van der Waals surface area contributed by atoms with Crippen molar-refractivity contribution in [3.8, 4) is 16.9 Å². The van der Waals surface area contributed by atoms with Gasteiger partial charge in [-0.25, -0.2) is 9.98 Å². The van der Waals surface area contributed by atoms with E-state index in [1.807, 2.05) is 6.20 Å². The summed E-state index contributed by atoms with van der Waals surface area (Å²) in [5, 5.41) is 6.33. The van der Waals surface area contributed by atoms with Gasteiger partial charge in [-0.2, -0.15) is 0 Å². The molecule has 2 aliphatic carbocycles. The number of hydrogen-bond donors (Lipinski definition) is 1. The van der Waals surface area contributed by atoms with E-state index in [4.69, 9.17) is 9.98 Å². The van der Waals surface area contributed by atoms with Crippen molar-refractivity contribution in [2.45, 2.75) is 44.9 Å². The number of benzene rings is 4. The highest BCUT2D eigenvalue weighted by atomic mass is 15.4. The molecule has 3 atom stereocenters. The van der Waals surface area contributed by atoms with Crippen molar-refractivity contribution in [3.63, 3.8) is 0 Å². The minimum Gasteiger partial charge on any atom is -0.340 e. The quantitative estimate of drug-likeness (QED) is 0.212. The van der Waals surface area contributed by atoms with E-state index in [9.17, 15) is 0 Å². The molecule has 3 aliphatic rings. The van der Waals surface area contributed by atoms with Gasteiger partial charge in [0.15, 0.2) is 0 Å². The molecule has 5 nitrogen and oxygen atoms in total. The molecule has 3 heterocycles. The second-order valence-corrected chi connectivity index (χ2v) is 14.1. The maximum absolute atomic E-state index is 5.32. The Bertz CT molecular complexity index is 2310. The van der Waals surface area contributed by atoms with Gasteiger partial charge < -0.3 is 4.90 Å². The Hall–Kier alpha value is -5.26. The number of hydrogen-bond acceptors (Lipinski definition) is 4.